The van der Waals surface area contributed by atoms with Crippen molar-refractivity contribution < 1.29 is 4.92 Å². The number of aryl methyl sites for hydroxylation is 1. The van der Waals surface area contributed by atoms with Gasteiger partial charge in [-0.2, -0.15) is 0 Å². The van der Waals surface area contributed by atoms with Crippen LogP contribution in [-0.4, -0.2) is 14.7 Å². The number of nitro groups is 1. The smallest absolute Gasteiger partial charge is 0.258 e. The number of nitrogens with zero attached hydrogens (tertiary/aromatic N) is 2. The molecule has 0 radical (unpaired) electrons. The Labute approximate surface area is 97.0 Å². The first-order chi connectivity index (χ1) is 7.04. The van der Waals surface area contributed by atoms with E-state index < -0.39 is 0 Å². The summed E-state index contributed by atoms with van der Waals surface area (Å²) in [6.45, 7) is 3.83. The summed E-state index contributed by atoms with van der Waals surface area (Å²) in [6, 6.07) is 1.57. The number of alkyl halides is 1. The molecule has 5 heteroatoms. The van der Waals surface area contributed by atoms with Gasteiger partial charge in [-0.3, -0.25) is 15.1 Å². The molecule has 1 atom stereocenters. The van der Waals surface area contributed by atoms with Gasteiger partial charge in [0.05, 0.1) is 4.92 Å². The van der Waals surface area contributed by atoms with Crippen molar-refractivity contribution in [3.05, 3.63) is 33.6 Å². The predicted octanol–water partition coefficient (Wildman–Crippen LogP) is 3.01. The molecule has 4 nitrogen and oxygen atoms in total. The van der Waals surface area contributed by atoms with Crippen LogP contribution in [0.15, 0.2) is 12.3 Å². The Kier molecular flexibility index (Phi) is 4.20. The van der Waals surface area contributed by atoms with Gasteiger partial charge in [-0.15, -0.1) is 0 Å². The average Bonchev–Trinajstić information content (AvgIpc) is 2.20. The molecule has 0 fully saturated rings. The highest BCUT2D eigenvalue weighted by molar-refractivity contribution is 9.09. The highest BCUT2D eigenvalue weighted by atomic mass is 79.9. The SMILES string of the molecule is CCC(Br)Cc1ncc(C)cc1[N+](=O)[O-]. The van der Waals surface area contributed by atoms with Crippen molar-refractivity contribution in [1.29, 1.82) is 0 Å². The fourth-order valence-electron chi connectivity index (χ4n) is 1.25. The summed E-state index contributed by atoms with van der Waals surface area (Å²) in [6.07, 6.45) is 3.18. The summed E-state index contributed by atoms with van der Waals surface area (Å²) >= 11 is 3.45. The molecule has 0 spiro atoms. The van der Waals surface area contributed by atoms with Gasteiger partial charge < -0.3 is 0 Å². The van der Waals surface area contributed by atoms with E-state index in [4.69, 9.17) is 0 Å². The molecule has 0 aromatic carbocycles. The van der Waals surface area contributed by atoms with Crippen LogP contribution in [0, 0.1) is 17.0 Å². The lowest BCUT2D eigenvalue weighted by atomic mass is 10.1. The highest BCUT2D eigenvalue weighted by Crippen LogP contribution is 2.21. The first-order valence-electron chi connectivity index (χ1n) is 4.78. The third kappa shape index (κ3) is 3.27. The minimum atomic E-state index is -0.370. The molecule has 1 rings (SSSR count). The highest BCUT2D eigenvalue weighted by Gasteiger charge is 2.17. The van der Waals surface area contributed by atoms with Gasteiger partial charge in [0, 0.05) is 23.5 Å². The Hall–Kier alpha value is -0.970. The molecule has 0 N–H and O–H groups in total. The van der Waals surface area contributed by atoms with E-state index in [2.05, 4.69) is 20.9 Å². The molecule has 0 amide bonds. The Balaban J connectivity index is 3.01. The first kappa shape index (κ1) is 12.1. The molecular weight excluding hydrogens is 260 g/mol. The van der Waals surface area contributed by atoms with E-state index in [0.717, 1.165) is 12.0 Å². The quantitative estimate of drug-likeness (QED) is 0.481. The first-order valence-corrected chi connectivity index (χ1v) is 5.70. The molecule has 0 saturated heterocycles. The minimum absolute atomic E-state index is 0.118. The van der Waals surface area contributed by atoms with Crippen LogP contribution in [0.2, 0.25) is 0 Å². The number of hydrogen-bond acceptors (Lipinski definition) is 3. The largest absolute Gasteiger partial charge is 0.291 e. The van der Waals surface area contributed by atoms with Crippen LogP contribution in [0.1, 0.15) is 24.6 Å². The molecule has 1 aromatic rings. The molecule has 0 aliphatic carbocycles. The van der Waals surface area contributed by atoms with E-state index in [1.165, 1.54) is 0 Å². The second-order valence-corrected chi connectivity index (χ2v) is 4.74. The molecule has 0 bridgehead atoms. The summed E-state index contributed by atoms with van der Waals surface area (Å²) in [7, 11) is 0. The van der Waals surface area contributed by atoms with Gasteiger partial charge in [0.2, 0.25) is 0 Å². The normalized spacial score (nSPS) is 12.5. The number of pyridine rings is 1. The van der Waals surface area contributed by atoms with E-state index in [0.29, 0.717) is 12.1 Å². The number of aromatic nitrogens is 1. The molecule has 1 aromatic heterocycles. The van der Waals surface area contributed by atoms with Gasteiger partial charge in [0.1, 0.15) is 5.69 Å². The Morgan fingerprint density at radius 2 is 2.33 bits per heavy atom. The fraction of sp³-hybridized carbons (Fsp3) is 0.500. The van der Waals surface area contributed by atoms with Gasteiger partial charge in [0.15, 0.2) is 0 Å². The van der Waals surface area contributed by atoms with Crippen molar-refractivity contribution in [1.82, 2.24) is 4.98 Å². The van der Waals surface area contributed by atoms with Crippen molar-refractivity contribution in [2.24, 2.45) is 0 Å². The van der Waals surface area contributed by atoms with Crippen LogP contribution in [-0.2, 0) is 6.42 Å². The number of rotatable bonds is 4. The van der Waals surface area contributed by atoms with Gasteiger partial charge in [-0.1, -0.05) is 22.9 Å². The van der Waals surface area contributed by atoms with Crippen molar-refractivity contribution in [2.45, 2.75) is 31.5 Å². The van der Waals surface area contributed by atoms with Crippen molar-refractivity contribution in [3.63, 3.8) is 0 Å². The lowest BCUT2D eigenvalue weighted by Crippen LogP contribution is -2.06. The van der Waals surface area contributed by atoms with Crippen LogP contribution in [0.3, 0.4) is 0 Å². The summed E-state index contributed by atoms with van der Waals surface area (Å²) < 4.78 is 0. The summed E-state index contributed by atoms with van der Waals surface area (Å²) in [4.78, 5) is 14.8. The van der Waals surface area contributed by atoms with Crippen LogP contribution in [0.25, 0.3) is 0 Å². The maximum Gasteiger partial charge on any atom is 0.291 e. The van der Waals surface area contributed by atoms with Gasteiger partial charge in [0.25, 0.3) is 5.69 Å². The van der Waals surface area contributed by atoms with E-state index in [9.17, 15) is 10.1 Å². The molecule has 15 heavy (non-hydrogen) atoms. The van der Waals surface area contributed by atoms with Crippen molar-refractivity contribution >= 4 is 21.6 Å². The predicted molar refractivity (Wildman–Crippen MR) is 62.3 cm³/mol. The zero-order valence-electron chi connectivity index (χ0n) is 8.74. The molecule has 1 unspecified atom stereocenters. The minimum Gasteiger partial charge on any atom is -0.258 e. The number of halogens is 1. The zero-order valence-corrected chi connectivity index (χ0v) is 10.3. The number of hydrogen-bond donors (Lipinski definition) is 0. The van der Waals surface area contributed by atoms with E-state index in [1.54, 1.807) is 19.2 Å². The van der Waals surface area contributed by atoms with E-state index in [1.807, 2.05) is 6.92 Å². The molecule has 0 aliphatic rings. The van der Waals surface area contributed by atoms with Crippen molar-refractivity contribution in [2.75, 3.05) is 0 Å². The summed E-state index contributed by atoms with van der Waals surface area (Å²) in [5.74, 6) is 0. The topological polar surface area (TPSA) is 56.0 Å². The van der Waals surface area contributed by atoms with Crippen LogP contribution < -0.4 is 0 Å². The van der Waals surface area contributed by atoms with Gasteiger partial charge in [-0.25, -0.2) is 0 Å². The maximum atomic E-state index is 10.8. The molecule has 0 aliphatic heterocycles. The monoisotopic (exact) mass is 272 g/mol. The summed E-state index contributed by atoms with van der Waals surface area (Å²) in [5.41, 5.74) is 1.48. The maximum absolute atomic E-state index is 10.8. The van der Waals surface area contributed by atoms with Gasteiger partial charge >= 0.3 is 0 Å². The lowest BCUT2D eigenvalue weighted by molar-refractivity contribution is -0.386. The standard InChI is InChI=1S/C10H13BrN2O2/c1-3-8(11)5-9-10(13(14)15)4-7(2)6-12-9/h4,6,8H,3,5H2,1-2H3. The Bertz CT molecular complexity index is 368. The molecule has 82 valence electrons. The van der Waals surface area contributed by atoms with Crippen LogP contribution in [0.5, 0.6) is 0 Å². The van der Waals surface area contributed by atoms with Crippen LogP contribution >= 0.6 is 15.9 Å². The second-order valence-electron chi connectivity index (χ2n) is 3.45. The molecule has 1 heterocycles. The third-order valence-corrected chi connectivity index (χ3v) is 3.11. The third-order valence-electron chi connectivity index (χ3n) is 2.14. The second kappa shape index (κ2) is 5.21. The van der Waals surface area contributed by atoms with E-state index in [-0.39, 0.29) is 15.4 Å². The average molecular weight is 273 g/mol. The lowest BCUT2D eigenvalue weighted by Gasteiger charge is -2.06. The Morgan fingerprint density at radius 3 is 2.87 bits per heavy atom. The molecular formula is C10H13BrN2O2. The van der Waals surface area contributed by atoms with Crippen LogP contribution in [0.4, 0.5) is 5.69 Å². The van der Waals surface area contributed by atoms with E-state index >= 15 is 0 Å². The van der Waals surface area contributed by atoms with Gasteiger partial charge in [-0.05, 0) is 18.9 Å². The Morgan fingerprint density at radius 1 is 1.67 bits per heavy atom. The van der Waals surface area contributed by atoms with Crippen molar-refractivity contribution in [3.8, 4) is 0 Å². The zero-order chi connectivity index (χ0) is 11.4. The molecule has 0 saturated carbocycles. The summed E-state index contributed by atoms with van der Waals surface area (Å²) in [5, 5.41) is 10.8. The fourth-order valence-corrected chi connectivity index (χ4v) is 1.56.